The zero-order valence-electron chi connectivity index (χ0n) is 11.9. The molecular formula is C14H18N2O3S2. The minimum absolute atomic E-state index is 0.207. The Balaban J connectivity index is 2.33. The Kier molecular flexibility index (Phi) is 5.00. The predicted octanol–water partition coefficient (Wildman–Crippen LogP) is 2.46. The maximum absolute atomic E-state index is 12.5. The van der Waals surface area contributed by atoms with Crippen molar-refractivity contribution in [2.24, 2.45) is 5.73 Å². The molecule has 0 aliphatic rings. The highest BCUT2D eigenvalue weighted by atomic mass is 32.2. The molecule has 0 fully saturated rings. The molecule has 0 aliphatic carbocycles. The van der Waals surface area contributed by atoms with Gasteiger partial charge in [-0.2, -0.15) is 0 Å². The molecule has 114 valence electrons. The van der Waals surface area contributed by atoms with E-state index in [2.05, 4.69) is 4.72 Å². The lowest BCUT2D eigenvalue weighted by atomic mass is 10.2. The molecule has 0 saturated carbocycles. The second-order valence-corrected chi connectivity index (χ2v) is 7.20. The van der Waals surface area contributed by atoms with E-state index in [1.807, 2.05) is 6.07 Å². The molecule has 0 radical (unpaired) electrons. The van der Waals surface area contributed by atoms with Crippen molar-refractivity contribution in [3.8, 4) is 0 Å². The molecule has 1 aromatic carbocycles. The van der Waals surface area contributed by atoms with Gasteiger partial charge in [0.05, 0.1) is 6.61 Å². The Labute approximate surface area is 128 Å². The van der Waals surface area contributed by atoms with E-state index in [1.54, 1.807) is 37.6 Å². The van der Waals surface area contributed by atoms with Crippen LogP contribution < -0.4 is 10.5 Å². The molecule has 3 N–H and O–H groups in total. The van der Waals surface area contributed by atoms with Gasteiger partial charge < -0.3 is 10.5 Å². The number of benzene rings is 1. The zero-order valence-corrected chi connectivity index (χ0v) is 13.6. The van der Waals surface area contributed by atoms with E-state index in [0.717, 1.165) is 5.56 Å². The first-order chi connectivity index (χ1) is 9.97. The van der Waals surface area contributed by atoms with Gasteiger partial charge in [-0.15, -0.1) is 11.3 Å². The maximum Gasteiger partial charge on any atom is 0.263 e. The lowest BCUT2D eigenvalue weighted by Gasteiger charge is -2.10. The molecule has 0 saturated heterocycles. The summed E-state index contributed by atoms with van der Waals surface area (Å²) in [6.07, 6.45) is 0. The number of methoxy groups -OCH3 is 1. The number of rotatable bonds is 6. The normalized spacial score (nSPS) is 11.6. The summed E-state index contributed by atoms with van der Waals surface area (Å²) in [6, 6.07) is 7.13. The fourth-order valence-corrected chi connectivity index (χ4v) is 4.84. The Morgan fingerprint density at radius 2 is 2.14 bits per heavy atom. The molecule has 0 aliphatic heterocycles. The third kappa shape index (κ3) is 3.62. The second-order valence-electron chi connectivity index (χ2n) is 4.61. The number of hydrogen-bond acceptors (Lipinski definition) is 5. The van der Waals surface area contributed by atoms with E-state index in [0.29, 0.717) is 22.7 Å². The highest BCUT2D eigenvalue weighted by Gasteiger charge is 2.22. The molecule has 0 spiro atoms. The Morgan fingerprint density at radius 1 is 1.38 bits per heavy atom. The minimum Gasteiger partial charge on any atom is -0.380 e. The van der Waals surface area contributed by atoms with Crippen LogP contribution in [0.4, 0.5) is 5.69 Å². The SMILES string of the molecule is COCc1cccc(NS(=O)(=O)c2c(C)csc2CN)c1. The number of nitrogens with two attached hydrogens (primary N) is 1. The van der Waals surface area contributed by atoms with Crippen molar-refractivity contribution >= 4 is 27.0 Å². The standard InChI is InChI=1S/C14H18N2O3S2/c1-10-9-20-13(7-15)14(10)21(17,18)16-12-5-3-4-11(6-12)8-19-2/h3-6,9,16H,7-8,15H2,1-2H3. The van der Waals surface area contributed by atoms with E-state index in [9.17, 15) is 8.42 Å². The van der Waals surface area contributed by atoms with Gasteiger partial charge in [0.1, 0.15) is 4.90 Å². The average molecular weight is 326 g/mol. The third-order valence-electron chi connectivity index (χ3n) is 2.93. The summed E-state index contributed by atoms with van der Waals surface area (Å²) in [7, 11) is -2.04. The minimum atomic E-state index is -3.64. The van der Waals surface area contributed by atoms with Crippen LogP contribution in [0, 0.1) is 6.92 Å². The van der Waals surface area contributed by atoms with Crippen molar-refractivity contribution in [3.63, 3.8) is 0 Å². The Morgan fingerprint density at radius 3 is 2.81 bits per heavy atom. The first-order valence-corrected chi connectivity index (χ1v) is 8.72. The molecule has 0 amide bonds. The summed E-state index contributed by atoms with van der Waals surface area (Å²) in [6.45, 7) is 2.41. The van der Waals surface area contributed by atoms with Gasteiger partial charge in [-0.25, -0.2) is 8.42 Å². The van der Waals surface area contributed by atoms with Gasteiger partial charge in [-0.1, -0.05) is 12.1 Å². The van der Waals surface area contributed by atoms with Crippen LogP contribution >= 0.6 is 11.3 Å². The lowest BCUT2D eigenvalue weighted by Crippen LogP contribution is -2.16. The number of nitrogens with one attached hydrogen (secondary N) is 1. The van der Waals surface area contributed by atoms with Gasteiger partial charge in [-0.05, 0) is 35.6 Å². The largest absolute Gasteiger partial charge is 0.380 e. The van der Waals surface area contributed by atoms with Crippen molar-refractivity contribution in [2.45, 2.75) is 25.0 Å². The van der Waals surface area contributed by atoms with Gasteiger partial charge in [0.25, 0.3) is 10.0 Å². The lowest BCUT2D eigenvalue weighted by molar-refractivity contribution is 0.185. The Bertz CT molecular complexity index is 724. The summed E-state index contributed by atoms with van der Waals surface area (Å²) in [4.78, 5) is 0.945. The van der Waals surface area contributed by atoms with Crippen molar-refractivity contribution in [1.82, 2.24) is 0 Å². The van der Waals surface area contributed by atoms with E-state index < -0.39 is 10.0 Å². The second kappa shape index (κ2) is 6.57. The van der Waals surface area contributed by atoms with Gasteiger partial charge in [0.15, 0.2) is 0 Å². The number of aryl methyl sites for hydroxylation is 1. The monoisotopic (exact) mass is 326 g/mol. The van der Waals surface area contributed by atoms with Crippen LogP contribution in [0.15, 0.2) is 34.5 Å². The molecule has 1 heterocycles. The molecule has 2 rings (SSSR count). The van der Waals surface area contributed by atoms with E-state index in [-0.39, 0.29) is 11.4 Å². The van der Waals surface area contributed by atoms with Crippen molar-refractivity contribution in [2.75, 3.05) is 11.8 Å². The summed E-state index contributed by atoms with van der Waals surface area (Å²) >= 11 is 1.36. The van der Waals surface area contributed by atoms with Gasteiger partial charge in [0.2, 0.25) is 0 Å². The topological polar surface area (TPSA) is 81.4 Å². The van der Waals surface area contributed by atoms with Crippen LogP contribution in [0.2, 0.25) is 0 Å². The molecule has 0 atom stereocenters. The quantitative estimate of drug-likeness (QED) is 0.854. The molecule has 2 aromatic rings. The third-order valence-corrected chi connectivity index (χ3v) is 5.80. The number of anilines is 1. The van der Waals surface area contributed by atoms with Crippen LogP contribution in [0.5, 0.6) is 0 Å². The molecular weight excluding hydrogens is 308 g/mol. The molecule has 5 nitrogen and oxygen atoms in total. The van der Waals surface area contributed by atoms with Gasteiger partial charge in [-0.3, -0.25) is 4.72 Å². The highest BCUT2D eigenvalue weighted by Crippen LogP contribution is 2.28. The fourth-order valence-electron chi connectivity index (χ4n) is 2.09. The van der Waals surface area contributed by atoms with E-state index >= 15 is 0 Å². The number of hydrogen-bond donors (Lipinski definition) is 2. The van der Waals surface area contributed by atoms with Gasteiger partial charge in [0, 0.05) is 24.2 Å². The first-order valence-electron chi connectivity index (χ1n) is 6.35. The van der Waals surface area contributed by atoms with Crippen molar-refractivity contribution < 1.29 is 13.2 Å². The number of sulfonamides is 1. The fraction of sp³-hybridized carbons (Fsp3) is 0.286. The summed E-state index contributed by atoms with van der Waals surface area (Å²) < 4.78 is 32.7. The number of thiophene rings is 1. The van der Waals surface area contributed by atoms with Crippen molar-refractivity contribution in [1.29, 1.82) is 0 Å². The van der Waals surface area contributed by atoms with Crippen LogP contribution in [0.1, 0.15) is 16.0 Å². The van der Waals surface area contributed by atoms with E-state index in [4.69, 9.17) is 10.5 Å². The zero-order chi connectivity index (χ0) is 15.5. The molecule has 0 unspecified atom stereocenters. The number of ether oxygens (including phenoxy) is 1. The average Bonchev–Trinajstić information content (AvgIpc) is 2.81. The Hall–Kier alpha value is -1.41. The van der Waals surface area contributed by atoms with Crippen LogP contribution in [-0.2, 0) is 27.9 Å². The van der Waals surface area contributed by atoms with Crippen molar-refractivity contribution in [3.05, 3.63) is 45.6 Å². The summed E-state index contributed by atoms with van der Waals surface area (Å²) in [5, 5.41) is 1.80. The molecule has 0 bridgehead atoms. The van der Waals surface area contributed by atoms with Crippen LogP contribution in [0.25, 0.3) is 0 Å². The molecule has 7 heteroatoms. The summed E-state index contributed by atoms with van der Waals surface area (Å²) in [5.41, 5.74) is 7.74. The smallest absolute Gasteiger partial charge is 0.263 e. The summed E-state index contributed by atoms with van der Waals surface area (Å²) in [5.74, 6) is 0. The van der Waals surface area contributed by atoms with Gasteiger partial charge >= 0.3 is 0 Å². The highest BCUT2D eigenvalue weighted by molar-refractivity contribution is 7.93. The van der Waals surface area contributed by atoms with Crippen LogP contribution in [0.3, 0.4) is 0 Å². The predicted molar refractivity (Wildman–Crippen MR) is 84.9 cm³/mol. The maximum atomic E-state index is 12.5. The molecule has 21 heavy (non-hydrogen) atoms. The van der Waals surface area contributed by atoms with Crippen LogP contribution in [-0.4, -0.2) is 15.5 Å². The molecule has 1 aromatic heterocycles. The van der Waals surface area contributed by atoms with E-state index in [1.165, 1.54) is 11.3 Å². The first kappa shape index (κ1) is 16.0.